The molecule has 5 heteroatoms. The van der Waals surface area contributed by atoms with Crippen molar-refractivity contribution in [1.29, 1.82) is 0 Å². The molecule has 0 atom stereocenters. The van der Waals surface area contributed by atoms with E-state index < -0.39 is 0 Å². The van der Waals surface area contributed by atoms with Crippen molar-refractivity contribution < 1.29 is 0 Å². The molecule has 0 bridgehead atoms. The SMILES string of the molecule is CC(C)CCNCCNCCNCCSS. The van der Waals surface area contributed by atoms with Crippen LogP contribution < -0.4 is 16.0 Å². The van der Waals surface area contributed by atoms with Gasteiger partial charge in [-0.1, -0.05) is 24.6 Å². The molecular formula is C11H27N3S2. The van der Waals surface area contributed by atoms with Crippen molar-refractivity contribution in [2.24, 2.45) is 5.92 Å². The first-order valence-corrected chi connectivity index (χ1v) is 8.19. The normalized spacial score (nSPS) is 11.2. The zero-order valence-corrected chi connectivity index (χ0v) is 12.3. The Bertz CT molecular complexity index is 134. The minimum Gasteiger partial charge on any atom is -0.315 e. The third-order valence-electron chi connectivity index (χ3n) is 2.23. The van der Waals surface area contributed by atoms with Gasteiger partial charge in [0, 0.05) is 38.5 Å². The van der Waals surface area contributed by atoms with Crippen LogP contribution in [0.2, 0.25) is 0 Å². The molecule has 0 aromatic rings. The van der Waals surface area contributed by atoms with Gasteiger partial charge in [0.25, 0.3) is 0 Å². The number of rotatable bonds is 12. The molecule has 0 aliphatic heterocycles. The molecule has 0 amide bonds. The van der Waals surface area contributed by atoms with E-state index in [4.69, 9.17) is 0 Å². The average Bonchev–Trinajstić information content (AvgIpc) is 2.25. The Morgan fingerprint density at radius 2 is 1.38 bits per heavy atom. The van der Waals surface area contributed by atoms with Crippen LogP contribution in [-0.4, -0.2) is 45.0 Å². The van der Waals surface area contributed by atoms with E-state index in [2.05, 4.69) is 41.5 Å². The van der Waals surface area contributed by atoms with Gasteiger partial charge in [-0.25, -0.2) is 0 Å². The highest BCUT2D eigenvalue weighted by molar-refractivity contribution is 8.68. The first-order valence-electron chi connectivity index (χ1n) is 6.16. The third-order valence-corrected chi connectivity index (χ3v) is 3.16. The summed E-state index contributed by atoms with van der Waals surface area (Å²) in [7, 11) is 1.58. The number of hydrogen-bond acceptors (Lipinski definition) is 5. The summed E-state index contributed by atoms with van der Waals surface area (Å²) in [6, 6.07) is 0. The van der Waals surface area contributed by atoms with Crippen molar-refractivity contribution in [3.05, 3.63) is 0 Å². The van der Waals surface area contributed by atoms with Gasteiger partial charge in [0.1, 0.15) is 0 Å². The standard InChI is InChI=1S/C11H27N3S2/c1-11(2)3-4-12-5-6-13-7-8-14-9-10-16-15/h11-15H,3-10H2,1-2H3. The van der Waals surface area contributed by atoms with E-state index in [9.17, 15) is 0 Å². The maximum atomic E-state index is 4.08. The van der Waals surface area contributed by atoms with Crippen molar-refractivity contribution in [2.75, 3.05) is 45.0 Å². The summed E-state index contributed by atoms with van der Waals surface area (Å²) in [6.07, 6.45) is 1.27. The second-order valence-corrected chi connectivity index (χ2v) is 5.71. The van der Waals surface area contributed by atoms with Crippen LogP contribution in [0.25, 0.3) is 0 Å². The Morgan fingerprint density at radius 3 is 1.88 bits per heavy atom. The molecule has 0 aliphatic carbocycles. The highest BCUT2D eigenvalue weighted by Gasteiger charge is 1.92. The molecule has 0 rings (SSSR count). The lowest BCUT2D eigenvalue weighted by Crippen LogP contribution is -2.33. The van der Waals surface area contributed by atoms with Crippen molar-refractivity contribution >= 4 is 22.5 Å². The van der Waals surface area contributed by atoms with Gasteiger partial charge in [-0.3, -0.25) is 0 Å². The van der Waals surface area contributed by atoms with Gasteiger partial charge < -0.3 is 16.0 Å². The van der Waals surface area contributed by atoms with Gasteiger partial charge in [-0.15, -0.1) is 11.7 Å². The molecule has 0 fully saturated rings. The van der Waals surface area contributed by atoms with Crippen LogP contribution in [0.4, 0.5) is 0 Å². The lowest BCUT2D eigenvalue weighted by Gasteiger charge is -2.08. The average molecular weight is 265 g/mol. The van der Waals surface area contributed by atoms with E-state index in [1.807, 2.05) is 0 Å². The van der Waals surface area contributed by atoms with Crippen LogP contribution in [0, 0.1) is 5.92 Å². The molecule has 0 unspecified atom stereocenters. The maximum absolute atomic E-state index is 4.08. The minimum absolute atomic E-state index is 0.800. The van der Waals surface area contributed by atoms with E-state index in [1.165, 1.54) is 6.42 Å². The summed E-state index contributed by atoms with van der Waals surface area (Å²) in [6.45, 7) is 10.9. The third kappa shape index (κ3) is 14.6. The van der Waals surface area contributed by atoms with Gasteiger partial charge in [-0.2, -0.15) is 0 Å². The summed E-state index contributed by atoms with van der Waals surface area (Å²) in [5, 5.41) is 10.2. The lowest BCUT2D eigenvalue weighted by atomic mass is 10.1. The predicted octanol–water partition coefficient (Wildman–Crippen LogP) is 1.38. The molecule has 0 spiro atoms. The summed E-state index contributed by atoms with van der Waals surface area (Å²) in [5.41, 5.74) is 0. The zero-order valence-electron chi connectivity index (χ0n) is 10.6. The largest absolute Gasteiger partial charge is 0.315 e. The highest BCUT2D eigenvalue weighted by Crippen LogP contribution is 2.00. The first-order chi connectivity index (χ1) is 7.77. The minimum atomic E-state index is 0.800. The van der Waals surface area contributed by atoms with Crippen LogP contribution >= 0.6 is 22.5 Å². The molecule has 3 nitrogen and oxygen atoms in total. The second-order valence-electron chi connectivity index (χ2n) is 4.27. The molecule has 0 saturated carbocycles. The van der Waals surface area contributed by atoms with Crippen molar-refractivity contribution in [2.45, 2.75) is 20.3 Å². The Labute approximate surface area is 110 Å². The zero-order chi connectivity index (χ0) is 12.1. The molecule has 0 aromatic heterocycles. The molecule has 0 heterocycles. The Morgan fingerprint density at radius 1 is 0.875 bits per heavy atom. The summed E-state index contributed by atoms with van der Waals surface area (Å²) in [4.78, 5) is 0. The van der Waals surface area contributed by atoms with Gasteiger partial charge in [0.15, 0.2) is 0 Å². The second kappa shape index (κ2) is 13.6. The van der Waals surface area contributed by atoms with Gasteiger partial charge in [0.05, 0.1) is 0 Å². The summed E-state index contributed by atoms with van der Waals surface area (Å²) >= 11 is 4.08. The lowest BCUT2D eigenvalue weighted by molar-refractivity contribution is 0.525. The quantitative estimate of drug-likeness (QED) is 0.244. The monoisotopic (exact) mass is 265 g/mol. The fraction of sp³-hybridized carbons (Fsp3) is 1.00. The van der Waals surface area contributed by atoms with Gasteiger partial charge in [0.2, 0.25) is 0 Å². The molecule has 3 N–H and O–H groups in total. The van der Waals surface area contributed by atoms with Crippen molar-refractivity contribution in [3.8, 4) is 0 Å². The molecule has 0 radical (unpaired) electrons. The van der Waals surface area contributed by atoms with Crippen LogP contribution in [0.5, 0.6) is 0 Å². The fourth-order valence-corrected chi connectivity index (χ4v) is 1.75. The van der Waals surface area contributed by atoms with E-state index in [0.29, 0.717) is 0 Å². The maximum Gasteiger partial charge on any atom is 0.0160 e. The molecule has 16 heavy (non-hydrogen) atoms. The number of thiol groups is 1. The molecule has 0 saturated heterocycles. The molecule has 0 aliphatic rings. The summed E-state index contributed by atoms with van der Waals surface area (Å²) < 4.78 is 0. The molecule has 98 valence electrons. The van der Waals surface area contributed by atoms with Crippen molar-refractivity contribution in [3.63, 3.8) is 0 Å². The predicted molar refractivity (Wildman–Crippen MR) is 79.5 cm³/mol. The van der Waals surface area contributed by atoms with Crippen LogP contribution in [-0.2, 0) is 0 Å². The smallest absolute Gasteiger partial charge is 0.0160 e. The van der Waals surface area contributed by atoms with E-state index in [-0.39, 0.29) is 0 Å². The van der Waals surface area contributed by atoms with Crippen LogP contribution in [0.15, 0.2) is 0 Å². The Balaban J connectivity index is 2.88. The topological polar surface area (TPSA) is 36.1 Å². The molecular weight excluding hydrogens is 238 g/mol. The van der Waals surface area contributed by atoms with E-state index in [1.54, 1.807) is 10.8 Å². The molecule has 0 aromatic carbocycles. The van der Waals surface area contributed by atoms with Gasteiger partial charge >= 0.3 is 0 Å². The van der Waals surface area contributed by atoms with Gasteiger partial charge in [-0.05, 0) is 18.9 Å². The van der Waals surface area contributed by atoms with Crippen LogP contribution in [0.3, 0.4) is 0 Å². The van der Waals surface area contributed by atoms with E-state index >= 15 is 0 Å². The Hall–Kier alpha value is 0.580. The summed E-state index contributed by atoms with van der Waals surface area (Å²) in [5.74, 6) is 1.87. The number of nitrogens with one attached hydrogen (secondary N) is 3. The Kier molecular flexibility index (Phi) is 14.1. The van der Waals surface area contributed by atoms with Crippen LogP contribution in [0.1, 0.15) is 20.3 Å². The van der Waals surface area contributed by atoms with Crippen molar-refractivity contribution in [1.82, 2.24) is 16.0 Å². The number of hydrogen-bond donors (Lipinski definition) is 4. The first kappa shape index (κ1) is 16.6. The fourth-order valence-electron chi connectivity index (χ4n) is 1.24. The van der Waals surface area contributed by atoms with E-state index in [0.717, 1.165) is 50.9 Å². The highest BCUT2D eigenvalue weighted by atomic mass is 33.1.